The second-order valence-corrected chi connectivity index (χ2v) is 6.19. The standard InChI is InChI=1S/C18H22N4O3/c1-21-15(7-8-20-21)10-19-18(24)14-9-17(23)22(12-14)11-13-3-5-16(25-2)6-4-13/h3-8,14H,9-12H2,1-2H3,(H,19,24)/t14-/m1/s1. The van der Waals surface area contributed by atoms with Gasteiger partial charge in [-0.05, 0) is 23.8 Å². The van der Waals surface area contributed by atoms with Crippen LogP contribution in [-0.4, -0.2) is 40.1 Å². The number of nitrogens with zero attached hydrogens (tertiary/aromatic N) is 3. The van der Waals surface area contributed by atoms with Crippen molar-refractivity contribution in [1.82, 2.24) is 20.0 Å². The number of carbonyl (C=O) groups is 2. The Morgan fingerprint density at radius 3 is 2.72 bits per heavy atom. The number of amides is 2. The molecule has 1 atom stereocenters. The highest BCUT2D eigenvalue weighted by molar-refractivity contribution is 5.89. The molecule has 1 N–H and O–H groups in total. The summed E-state index contributed by atoms with van der Waals surface area (Å²) >= 11 is 0. The van der Waals surface area contributed by atoms with Crippen LogP contribution in [0.1, 0.15) is 17.7 Å². The van der Waals surface area contributed by atoms with E-state index in [1.54, 1.807) is 22.9 Å². The van der Waals surface area contributed by atoms with E-state index in [2.05, 4.69) is 10.4 Å². The van der Waals surface area contributed by atoms with Crippen LogP contribution in [0, 0.1) is 5.92 Å². The third-order valence-corrected chi connectivity index (χ3v) is 4.48. The number of rotatable bonds is 6. The van der Waals surface area contributed by atoms with Crippen LogP contribution in [0.4, 0.5) is 0 Å². The molecular formula is C18H22N4O3. The highest BCUT2D eigenvalue weighted by atomic mass is 16.5. The molecule has 0 saturated carbocycles. The summed E-state index contributed by atoms with van der Waals surface area (Å²) in [5, 5.41) is 6.96. The summed E-state index contributed by atoms with van der Waals surface area (Å²) in [6.45, 7) is 1.37. The molecule has 1 aromatic heterocycles. The zero-order valence-corrected chi connectivity index (χ0v) is 14.4. The molecule has 25 heavy (non-hydrogen) atoms. The minimum Gasteiger partial charge on any atom is -0.497 e. The molecule has 7 nitrogen and oxygen atoms in total. The normalized spacial score (nSPS) is 17.0. The Morgan fingerprint density at radius 2 is 2.08 bits per heavy atom. The number of aryl methyl sites for hydroxylation is 1. The summed E-state index contributed by atoms with van der Waals surface area (Å²) in [5.74, 6) is 0.395. The van der Waals surface area contributed by atoms with Gasteiger partial charge in [-0.1, -0.05) is 12.1 Å². The monoisotopic (exact) mass is 342 g/mol. The lowest BCUT2D eigenvalue weighted by Crippen LogP contribution is -2.33. The molecular weight excluding hydrogens is 320 g/mol. The molecule has 0 unspecified atom stereocenters. The summed E-state index contributed by atoms with van der Waals surface area (Å²) in [5.41, 5.74) is 1.94. The quantitative estimate of drug-likeness (QED) is 0.853. The number of methoxy groups -OCH3 is 1. The number of benzene rings is 1. The summed E-state index contributed by atoms with van der Waals surface area (Å²) in [4.78, 5) is 26.3. The van der Waals surface area contributed by atoms with Crippen LogP contribution < -0.4 is 10.1 Å². The van der Waals surface area contributed by atoms with Gasteiger partial charge in [-0.2, -0.15) is 5.10 Å². The molecule has 0 spiro atoms. The third-order valence-electron chi connectivity index (χ3n) is 4.48. The van der Waals surface area contributed by atoms with Crippen molar-refractivity contribution >= 4 is 11.8 Å². The molecule has 1 fully saturated rings. The van der Waals surface area contributed by atoms with Crippen molar-refractivity contribution < 1.29 is 14.3 Å². The molecule has 7 heteroatoms. The molecule has 1 aromatic carbocycles. The Balaban J connectivity index is 1.54. The van der Waals surface area contributed by atoms with Crippen LogP contribution in [0.15, 0.2) is 36.5 Å². The van der Waals surface area contributed by atoms with Crippen molar-refractivity contribution in [2.75, 3.05) is 13.7 Å². The fourth-order valence-corrected chi connectivity index (χ4v) is 2.95. The minimum absolute atomic E-state index is 0.0106. The first-order chi connectivity index (χ1) is 12.1. The Kier molecular flexibility index (Phi) is 5.02. The fraction of sp³-hybridized carbons (Fsp3) is 0.389. The molecule has 0 radical (unpaired) electrons. The summed E-state index contributed by atoms with van der Waals surface area (Å²) < 4.78 is 6.85. The Labute approximate surface area is 146 Å². The highest BCUT2D eigenvalue weighted by Gasteiger charge is 2.34. The number of aromatic nitrogens is 2. The van der Waals surface area contributed by atoms with Gasteiger partial charge in [0.1, 0.15) is 5.75 Å². The molecule has 1 aliphatic heterocycles. The average Bonchev–Trinajstić information content (AvgIpc) is 3.19. The van der Waals surface area contributed by atoms with Crippen molar-refractivity contribution in [2.45, 2.75) is 19.5 Å². The van der Waals surface area contributed by atoms with E-state index >= 15 is 0 Å². The lowest BCUT2D eigenvalue weighted by molar-refractivity contribution is -0.129. The van der Waals surface area contributed by atoms with Gasteiger partial charge >= 0.3 is 0 Å². The first-order valence-electron chi connectivity index (χ1n) is 8.22. The second kappa shape index (κ2) is 7.38. The zero-order chi connectivity index (χ0) is 17.8. The molecule has 2 amide bonds. The Morgan fingerprint density at radius 1 is 1.32 bits per heavy atom. The number of carbonyl (C=O) groups excluding carboxylic acids is 2. The van der Waals surface area contributed by atoms with E-state index in [1.807, 2.05) is 37.4 Å². The van der Waals surface area contributed by atoms with E-state index in [4.69, 9.17) is 4.74 Å². The van der Waals surface area contributed by atoms with Crippen LogP contribution in [0.5, 0.6) is 5.75 Å². The summed E-state index contributed by atoms with van der Waals surface area (Å²) in [6, 6.07) is 9.46. The van der Waals surface area contributed by atoms with E-state index < -0.39 is 0 Å². The van der Waals surface area contributed by atoms with E-state index in [0.717, 1.165) is 17.0 Å². The van der Waals surface area contributed by atoms with Crippen molar-refractivity contribution in [2.24, 2.45) is 13.0 Å². The Hall–Kier alpha value is -2.83. The van der Waals surface area contributed by atoms with E-state index in [-0.39, 0.29) is 24.2 Å². The molecule has 2 heterocycles. The number of likely N-dealkylation sites (tertiary alicyclic amines) is 1. The first-order valence-corrected chi connectivity index (χ1v) is 8.22. The molecule has 1 saturated heterocycles. The predicted molar refractivity (Wildman–Crippen MR) is 91.6 cm³/mol. The fourth-order valence-electron chi connectivity index (χ4n) is 2.95. The van der Waals surface area contributed by atoms with Gasteiger partial charge in [-0.25, -0.2) is 0 Å². The maximum Gasteiger partial charge on any atom is 0.225 e. The van der Waals surface area contributed by atoms with Crippen molar-refractivity contribution in [3.63, 3.8) is 0 Å². The Bertz CT molecular complexity index is 754. The maximum absolute atomic E-state index is 12.3. The van der Waals surface area contributed by atoms with Gasteiger partial charge in [-0.15, -0.1) is 0 Å². The van der Waals surface area contributed by atoms with E-state index in [9.17, 15) is 9.59 Å². The topological polar surface area (TPSA) is 76.5 Å². The van der Waals surface area contributed by atoms with Gasteiger partial charge in [0, 0.05) is 32.8 Å². The predicted octanol–water partition coefficient (Wildman–Crippen LogP) is 1.09. The molecule has 2 aromatic rings. The average molecular weight is 342 g/mol. The third kappa shape index (κ3) is 3.99. The summed E-state index contributed by atoms with van der Waals surface area (Å²) in [7, 11) is 3.45. The number of nitrogens with one attached hydrogen (secondary N) is 1. The first kappa shape index (κ1) is 17.0. The summed E-state index contributed by atoms with van der Waals surface area (Å²) in [6.07, 6.45) is 1.95. The van der Waals surface area contributed by atoms with Crippen LogP contribution in [-0.2, 0) is 29.7 Å². The van der Waals surface area contributed by atoms with Gasteiger partial charge in [-0.3, -0.25) is 14.3 Å². The van der Waals surface area contributed by atoms with Crippen LogP contribution >= 0.6 is 0 Å². The van der Waals surface area contributed by atoms with Gasteiger partial charge in [0.25, 0.3) is 0 Å². The molecule has 0 bridgehead atoms. The van der Waals surface area contributed by atoms with E-state index in [1.165, 1.54) is 0 Å². The van der Waals surface area contributed by atoms with E-state index in [0.29, 0.717) is 19.6 Å². The van der Waals surface area contributed by atoms with Gasteiger partial charge in [0.05, 0.1) is 25.3 Å². The van der Waals surface area contributed by atoms with Crippen molar-refractivity contribution in [1.29, 1.82) is 0 Å². The van der Waals surface area contributed by atoms with Crippen LogP contribution in [0.25, 0.3) is 0 Å². The van der Waals surface area contributed by atoms with Crippen LogP contribution in [0.2, 0.25) is 0 Å². The number of hydrogen-bond acceptors (Lipinski definition) is 4. The maximum atomic E-state index is 12.3. The SMILES string of the molecule is COc1ccc(CN2C[C@H](C(=O)NCc3ccnn3C)CC2=O)cc1. The lowest BCUT2D eigenvalue weighted by Gasteiger charge is -2.17. The largest absolute Gasteiger partial charge is 0.497 e. The molecule has 3 rings (SSSR count). The smallest absolute Gasteiger partial charge is 0.225 e. The van der Waals surface area contributed by atoms with Crippen LogP contribution in [0.3, 0.4) is 0 Å². The minimum atomic E-state index is -0.307. The highest BCUT2D eigenvalue weighted by Crippen LogP contribution is 2.21. The molecule has 0 aliphatic carbocycles. The molecule has 132 valence electrons. The van der Waals surface area contributed by atoms with Crippen molar-refractivity contribution in [3.05, 3.63) is 47.8 Å². The van der Waals surface area contributed by atoms with Gasteiger partial charge in [0.15, 0.2) is 0 Å². The second-order valence-electron chi connectivity index (χ2n) is 6.19. The molecule has 1 aliphatic rings. The number of hydrogen-bond donors (Lipinski definition) is 1. The van der Waals surface area contributed by atoms with Gasteiger partial charge in [0.2, 0.25) is 11.8 Å². The zero-order valence-electron chi connectivity index (χ0n) is 14.4. The lowest BCUT2D eigenvalue weighted by atomic mass is 10.1. The number of ether oxygens (including phenoxy) is 1. The van der Waals surface area contributed by atoms with Gasteiger partial charge < -0.3 is 15.0 Å². The van der Waals surface area contributed by atoms with Crippen molar-refractivity contribution in [3.8, 4) is 5.75 Å².